The molecule has 0 bridgehead atoms. The summed E-state index contributed by atoms with van der Waals surface area (Å²) in [5.41, 5.74) is 3.96. The van der Waals surface area contributed by atoms with Crippen molar-refractivity contribution < 1.29 is 19.1 Å². The van der Waals surface area contributed by atoms with E-state index in [1.54, 1.807) is 24.0 Å². The van der Waals surface area contributed by atoms with Crippen molar-refractivity contribution in [3.05, 3.63) is 59.3 Å². The van der Waals surface area contributed by atoms with Crippen LogP contribution in [0.25, 0.3) is 10.9 Å². The number of amides is 2. The minimum Gasteiger partial charge on any atom is -0.493 e. The van der Waals surface area contributed by atoms with Gasteiger partial charge in [-0.15, -0.1) is 0 Å². The summed E-state index contributed by atoms with van der Waals surface area (Å²) in [7, 11) is 3.20. The van der Waals surface area contributed by atoms with Gasteiger partial charge in [-0.05, 0) is 35.7 Å². The van der Waals surface area contributed by atoms with E-state index in [0.717, 1.165) is 40.6 Å². The fraction of sp³-hybridized carbons (Fsp3) is 0.385. The van der Waals surface area contributed by atoms with Crippen molar-refractivity contribution in [1.82, 2.24) is 14.8 Å². The highest BCUT2D eigenvalue weighted by Crippen LogP contribution is 2.44. The number of benzene rings is 2. The van der Waals surface area contributed by atoms with Gasteiger partial charge in [0, 0.05) is 29.6 Å². The molecule has 1 aromatic heterocycles. The molecule has 5 rings (SSSR count). The summed E-state index contributed by atoms with van der Waals surface area (Å²) in [6.07, 6.45) is 2.38. The van der Waals surface area contributed by atoms with Crippen LogP contribution in [0.2, 0.25) is 0 Å². The van der Waals surface area contributed by atoms with Crippen LogP contribution >= 0.6 is 0 Å². The number of carbonyl (C=O) groups excluding carboxylic acids is 2. The number of nitrogens with zero attached hydrogens (tertiary/aromatic N) is 2. The number of carbonyl (C=O) groups is 2. The number of piperazine rings is 1. The van der Waals surface area contributed by atoms with E-state index in [0.29, 0.717) is 24.5 Å². The number of hydrogen-bond acceptors (Lipinski definition) is 4. The van der Waals surface area contributed by atoms with Gasteiger partial charge in [0.15, 0.2) is 11.5 Å². The highest BCUT2D eigenvalue weighted by atomic mass is 16.5. The number of methoxy groups -OCH3 is 2. The van der Waals surface area contributed by atoms with Crippen molar-refractivity contribution in [2.75, 3.05) is 27.3 Å². The van der Waals surface area contributed by atoms with Crippen LogP contribution < -0.4 is 9.47 Å². The maximum Gasteiger partial charge on any atom is 0.246 e. The van der Waals surface area contributed by atoms with Crippen LogP contribution in [0.1, 0.15) is 42.6 Å². The van der Waals surface area contributed by atoms with E-state index in [9.17, 15) is 9.59 Å². The van der Waals surface area contributed by atoms with E-state index in [-0.39, 0.29) is 18.4 Å². The lowest BCUT2D eigenvalue weighted by Crippen LogP contribution is -2.63. The maximum atomic E-state index is 13.6. The van der Waals surface area contributed by atoms with Gasteiger partial charge >= 0.3 is 0 Å². The number of H-pyrrole nitrogens is 1. The Balaban J connectivity index is 1.67. The molecule has 3 heterocycles. The van der Waals surface area contributed by atoms with Gasteiger partial charge < -0.3 is 24.3 Å². The normalized spacial score (nSPS) is 20.1. The number of hydrogen-bond donors (Lipinski definition) is 1. The summed E-state index contributed by atoms with van der Waals surface area (Å²) in [5, 5.41) is 1.10. The zero-order valence-electron chi connectivity index (χ0n) is 19.3. The molecule has 1 fully saturated rings. The molecule has 172 valence electrons. The number of ether oxygens (including phenoxy) is 2. The molecule has 3 aromatic rings. The van der Waals surface area contributed by atoms with Gasteiger partial charge in [-0.2, -0.15) is 0 Å². The highest BCUT2D eigenvalue weighted by molar-refractivity contribution is 5.97. The fourth-order valence-corrected chi connectivity index (χ4v) is 5.23. The number of unbranched alkanes of at least 4 members (excludes halogenated alkanes) is 1. The van der Waals surface area contributed by atoms with Crippen LogP contribution in [0.4, 0.5) is 0 Å². The molecule has 0 spiro atoms. The molecule has 7 heteroatoms. The topological polar surface area (TPSA) is 74.9 Å². The van der Waals surface area contributed by atoms with Crippen LogP contribution in [-0.4, -0.2) is 59.9 Å². The monoisotopic (exact) mass is 447 g/mol. The molecule has 2 amide bonds. The number of nitrogens with one attached hydrogen (secondary N) is 1. The Morgan fingerprint density at radius 1 is 1.06 bits per heavy atom. The average Bonchev–Trinajstić information content (AvgIpc) is 3.22. The van der Waals surface area contributed by atoms with Crippen molar-refractivity contribution in [3.63, 3.8) is 0 Å². The summed E-state index contributed by atoms with van der Waals surface area (Å²) < 4.78 is 11.0. The Kier molecular flexibility index (Phi) is 5.48. The average molecular weight is 448 g/mol. The molecule has 2 aliphatic rings. The minimum atomic E-state index is -0.520. The van der Waals surface area contributed by atoms with Crippen LogP contribution in [0.15, 0.2) is 42.5 Å². The largest absolute Gasteiger partial charge is 0.493 e. The predicted octanol–water partition coefficient (Wildman–Crippen LogP) is 3.67. The first-order chi connectivity index (χ1) is 16.1. The molecule has 2 aliphatic heterocycles. The fourth-order valence-electron chi connectivity index (χ4n) is 5.23. The number of aromatic amines is 1. The highest BCUT2D eigenvalue weighted by Gasteiger charge is 2.48. The molecule has 33 heavy (non-hydrogen) atoms. The third kappa shape index (κ3) is 3.43. The second kappa shape index (κ2) is 8.46. The Bertz CT molecular complexity index is 1220. The Morgan fingerprint density at radius 3 is 2.61 bits per heavy atom. The molecule has 0 radical (unpaired) electrons. The molecule has 0 unspecified atom stereocenters. The summed E-state index contributed by atoms with van der Waals surface area (Å²) in [5.74, 6) is 1.22. The van der Waals surface area contributed by atoms with Gasteiger partial charge in [0.05, 0.1) is 26.8 Å². The van der Waals surface area contributed by atoms with Crippen LogP contribution in [-0.2, 0) is 16.0 Å². The van der Waals surface area contributed by atoms with Crippen LogP contribution in [0.3, 0.4) is 0 Å². The minimum absolute atomic E-state index is 0.0280. The van der Waals surface area contributed by atoms with E-state index in [4.69, 9.17) is 9.47 Å². The molecular weight excluding hydrogens is 418 g/mol. The first kappa shape index (κ1) is 21.4. The summed E-state index contributed by atoms with van der Waals surface area (Å²) in [4.78, 5) is 34.1. The van der Waals surface area contributed by atoms with Crippen molar-refractivity contribution >= 4 is 22.7 Å². The second-order valence-corrected chi connectivity index (χ2v) is 8.71. The lowest BCUT2D eigenvalue weighted by Gasteiger charge is -2.47. The molecule has 0 aliphatic carbocycles. The summed E-state index contributed by atoms with van der Waals surface area (Å²) >= 11 is 0. The second-order valence-electron chi connectivity index (χ2n) is 8.71. The molecule has 1 N–H and O–H groups in total. The van der Waals surface area contributed by atoms with Crippen molar-refractivity contribution in [2.45, 2.75) is 38.3 Å². The number of rotatable bonds is 6. The van der Waals surface area contributed by atoms with Gasteiger partial charge in [0.2, 0.25) is 11.8 Å². The van der Waals surface area contributed by atoms with E-state index >= 15 is 0 Å². The van der Waals surface area contributed by atoms with E-state index in [1.807, 2.05) is 36.4 Å². The quantitative estimate of drug-likeness (QED) is 0.626. The van der Waals surface area contributed by atoms with Crippen LogP contribution in [0.5, 0.6) is 11.5 Å². The van der Waals surface area contributed by atoms with E-state index in [2.05, 4.69) is 18.0 Å². The van der Waals surface area contributed by atoms with E-state index in [1.165, 1.54) is 0 Å². The molecular formula is C26H29N3O4. The Hall–Kier alpha value is -3.48. The predicted molar refractivity (Wildman–Crippen MR) is 126 cm³/mol. The standard InChI is InChI=1S/C26H29N3O4/c1-4-5-12-28-15-23(30)29-20(26(28)31)14-18-17-8-6-7-9-19(17)27-24(18)25(29)16-10-11-21(32-2)22(13-16)33-3/h6-11,13,20,25,27H,4-5,12,14-15H2,1-3H3/t20-,25-/m1/s1. The van der Waals surface area contributed by atoms with E-state index < -0.39 is 12.1 Å². The zero-order chi connectivity index (χ0) is 23.1. The molecule has 1 saturated heterocycles. The molecule has 0 saturated carbocycles. The van der Waals surface area contributed by atoms with Gasteiger partial charge in [-0.25, -0.2) is 0 Å². The number of para-hydroxylation sites is 1. The summed E-state index contributed by atoms with van der Waals surface area (Å²) in [6, 6.07) is 12.9. The Labute approximate surface area is 193 Å². The lowest BCUT2D eigenvalue weighted by atomic mass is 9.86. The summed E-state index contributed by atoms with van der Waals surface area (Å²) in [6.45, 7) is 2.83. The smallest absolute Gasteiger partial charge is 0.246 e. The zero-order valence-corrected chi connectivity index (χ0v) is 19.3. The van der Waals surface area contributed by atoms with Crippen LogP contribution in [0, 0.1) is 0 Å². The number of fused-ring (bicyclic) bond motifs is 4. The van der Waals surface area contributed by atoms with Gasteiger partial charge in [0.1, 0.15) is 6.04 Å². The van der Waals surface area contributed by atoms with Crippen molar-refractivity contribution in [3.8, 4) is 11.5 Å². The van der Waals surface area contributed by atoms with Crippen molar-refractivity contribution in [2.24, 2.45) is 0 Å². The Morgan fingerprint density at radius 2 is 1.85 bits per heavy atom. The van der Waals surface area contributed by atoms with Gasteiger partial charge in [-0.3, -0.25) is 9.59 Å². The molecule has 2 atom stereocenters. The number of aromatic nitrogens is 1. The third-order valence-electron chi connectivity index (χ3n) is 6.85. The first-order valence-electron chi connectivity index (χ1n) is 11.5. The van der Waals surface area contributed by atoms with Gasteiger partial charge in [0.25, 0.3) is 0 Å². The third-order valence-corrected chi connectivity index (χ3v) is 6.85. The molecule has 2 aromatic carbocycles. The SMILES string of the molecule is CCCCN1CC(=O)N2[C@H](c3ccc(OC)c(OC)c3)c3[nH]c4ccccc4c3C[C@@H]2C1=O. The molecule has 7 nitrogen and oxygen atoms in total. The van der Waals surface area contributed by atoms with Crippen molar-refractivity contribution in [1.29, 1.82) is 0 Å². The lowest BCUT2D eigenvalue weighted by molar-refractivity contribution is -0.158. The first-order valence-corrected chi connectivity index (χ1v) is 11.5. The maximum absolute atomic E-state index is 13.6. The van der Waals surface area contributed by atoms with Gasteiger partial charge in [-0.1, -0.05) is 37.6 Å².